The van der Waals surface area contributed by atoms with Gasteiger partial charge in [-0.3, -0.25) is 14.5 Å². The number of rotatable bonds is 6. The van der Waals surface area contributed by atoms with Crippen molar-refractivity contribution in [1.82, 2.24) is 9.55 Å². The standard InChI is InChI=1S/C25H29N3O3/c1-5-31-24(30)21-22(18-12-10-17(4)11-13-18)28-20-9-7-6-8-19(20)26-25(28)27(23(21)29)15-14-16(2)3/h6-13,16,21-22H,5,14-15H2,1-4H3/t21-,22-/m1/s1. The van der Waals surface area contributed by atoms with Crippen molar-refractivity contribution in [2.45, 2.75) is 40.2 Å². The Hall–Kier alpha value is -3.15. The smallest absolute Gasteiger partial charge is 0.321 e. The number of carbonyl (C=O) groups is 2. The zero-order chi connectivity index (χ0) is 22.1. The van der Waals surface area contributed by atoms with Crippen molar-refractivity contribution in [2.75, 3.05) is 18.1 Å². The molecule has 2 aromatic carbocycles. The Bertz CT molecular complexity index is 1100. The van der Waals surface area contributed by atoms with Crippen LogP contribution in [0.1, 0.15) is 44.4 Å². The number of ether oxygens (including phenoxy) is 1. The minimum atomic E-state index is -0.958. The summed E-state index contributed by atoms with van der Waals surface area (Å²) in [5, 5.41) is 0. The third kappa shape index (κ3) is 3.82. The summed E-state index contributed by atoms with van der Waals surface area (Å²) < 4.78 is 7.43. The van der Waals surface area contributed by atoms with Gasteiger partial charge in [0.1, 0.15) is 0 Å². The molecular formula is C25H29N3O3. The van der Waals surface area contributed by atoms with Crippen LogP contribution in [0.5, 0.6) is 0 Å². The van der Waals surface area contributed by atoms with Gasteiger partial charge >= 0.3 is 5.97 Å². The molecule has 0 spiro atoms. The van der Waals surface area contributed by atoms with Crippen LogP contribution >= 0.6 is 0 Å². The number of aromatic nitrogens is 2. The monoisotopic (exact) mass is 419 g/mol. The van der Waals surface area contributed by atoms with E-state index in [9.17, 15) is 9.59 Å². The van der Waals surface area contributed by atoms with Gasteiger partial charge in [0, 0.05) is 6.54 Å². The summed E-state index contributed by atoms with van der Waals surface area (Å²) in [5.41, 5.74) is 3.72. The third-order valence-electron chi connectivity index (χ3n) is 5.83. The van der Waals surface area contributed by atoms with Gasteiger partial charge in [0.15, 0.2) is 5.92 Å². The summed E-state index contributed by atoms with van der Waals surface area (Å²) in [4.78, 5) is 33.3. The summed E-state index contributed by atoms with van der Waals surface area (Å²) in [6.07, 6.45) is 0.819. The van der Waals surface area contributed by atoms with Gasteiger partial charge in [0.25, 0.3) is 0 Å². The van der Waals surface area contributed by atoms with Crippen molar-refractivity contribution >= 4 is 28.9 Å². The summed E-state index contributed by atoms with van der Waals surface area (Å²) in [6, 6.07) is 15.3. The average molecular weight is 420 g/mol. The molecule has 0 fully saturated rings. The van der Waals surface area contributed by atoms with Crippen molar-refractivity contribution < 1.29 is 14.3 Å². The molecule has 0 N–H and O–H groups in total. The lowest BCUT2D eigenvalue weighted by Crippen LogP contribution is -2.50. The number of hydrogen-bond donors (Lipinski definition) is 0. The first kappa shape index (κ1) is 21.1. The molecule has 2 atom stereocenters. The zero-order valence-electron chi connectivity index (χ0n) is 18.5. The first-order valence-electron chi connectivity index (χ1n) is 10.9. The van der Waals surface area contributed by atoms with E-state index in [1.807, 2.05) is 60.0 Å². The van der Waals surface area contributed by atoms with Crippen LogP contribution in [0.3, 0.4) is 0 Å². The molecule has 0 saturated heterocycles. The predicted octanol–water partition coefficient (Wildman–Crippen LogP) is 4.51. The second-order valence-corrected chi connectivity index (χ2v) is 8.53. The molecule has 162 valence electrons. The summed E-state index contributed by atoms with van der Waals surface area (Å²) in [5.74, 6) is -0.678. The summed E-state index contributed by atoms with van der Waals surface area (Å²) in [6.45, 7) is 8.76. The largest absolute Gasteiger partial charge is 0.465 e. The number of amides is 1. The Morgan fingerprint density at radius 1 is 1.13 bits per heavy atom. The molecule has 0 bridgehead atoms. The average Bonchev–Trinajstić information content (AvgIpc) is 3.12. The number of hydrogen-bond acceptors (Lipinski definition) is 4. The van der Waals surface area contributed by atoms with E-state index in [2.05, 4.69) is 13.8 Å². The lowest BCUT2D eigenvalue weighted by atomic mass is 9.89. The maximum absolute atomic E-state index is 13.7. The van der Waals surface area contributed by atoms with Gasteiger partial charge in [-0.25, -0.2) is 4.98 Å². The van der Waals surface area contributed by atoms with E-state index in [4.69, 9.17) is 9.72 Å². The van der Waals surface area contributed by atoms with Crippen LogP contribution < -0.4 is 4.90 Å². The minimum Gasteiger partial charge on any atom is -0.465 e. The lowest BCUT2D eigenvalue weighted by molar-refractivity contribution is -0.153. The highest BCUT2D eigenvalue weighted by molar-refractivity contribution is 6.08. The fourth-order valence-corrected chi connectivity index (χ4v) is 4.21. The molecule has 0 unspecified atom stereocenters. The molecule has 2 heterocycles. The van der Waals surface area contributed by atoms with Gasteiger partial charge < -0.3 is 9.30 Å². The molecule has 0 radical (unpaired) electrons. The van der Waals surface area contributed by atoms with Gasteiger partial charge in [-0.2, -0.15) is 0 Å². The highest BCUT2D eigenvalue weighted by Crippen LogP contribution is 2.41. The summed E-state index contributed by atoms with van der Waals surface area (Å²) >= 11 is 0. The topological polar surface area (TPSA) is 64.4 Å². The molecule has 1 aliphatic heterocycles. The van der Waals surface area contributed by atoms with Crippen molar-refractivity contribution in [1.29, 1.82) is 0 Å². The van der Waals surface area contributed by atoms with E-state index in [1.165, 1.54) is 0 Å². The Kier molecular flexibility index (Phi) is 5.81. The van der Waals surface area contributed by atoms with Gasteiger partial charge in [0.05, 0.1) is 23.7 Å². The first-order chi connectivity index (χ1) is 14.9. The van der Waals surface area contributed by atoms with Crippen LogP contribution in [0.15, 0.2) is 48.5 Å². The SMILES string of the molecule is CCOC(=O)[C@H]1C(=O)N(CCC(C)C)c2nc3ccccc3n2[C@@H]1c1ccc(C)cc1. The van der Waals surface area contributed by atoms with Crippen molar-refractivity contribution in [3.8, 4) is 0 Å². The van der Waals surface area contributed by atoms with Gasteiger partial charge in [0.2, 0.25) is 11.9 Å². The molecule has 4 rings (SSSR count). The Morgan fingerprint density at radius 3 is 2.52 bits per heavy atom. The summed E-state index contributed by atoms with van der Waals surface area (Å²) in [7, 11) is 0. The van der Waals surface area contributed by atoms with Crippen molar-refractivity contribution in [3.63, 3.8) is 0 Å². The molecule has 1 amide bonds. The van der Waals surface area contributed by atoms with E-state index in [0.717, 1.165) is 28.6 Å². The number of aryl methyl sites for hydroxylation is 1. The molecule has 1 aliphatic rings. The van der Waals surface area contributed by atoms with Crippen molar-refractivity contribution in [3.05, 3.63) is 59.7 Å². The van der Waals surface area contributed by atoms with Crippen LogP contribution in [0.4, 0.5) is 5.95 Å². The highest BCUT2D eigenvalue weighted by Gasteiger charge is 2.47. The number of imidazole rings is 1. The van der Waals surface area contributed by atoms with E-state index in [0.29, 0.717) is 18.4 Å². The number of anilines is 1. The first-order valence-corrected chi connectivity index (χ1v) is 10.9. The second-order valence-electron chi connectivity index (χ2n) is 8.53. The Morgan fingerprint density at radius 2 is 1.84 bits per heavy atom. The van der Waals surface area contributed by atoms with Crippen LogP contribution in [-0.2, 0) is 14.3 Å². The third-order valence-corrected chi connectivity index (χ3v) is 5.83. The predicted molar refractivity (Wildman–Crippen MR) is 121 cm³/mol. The number of fused-ring (bicyclic) bond motifs is 3. The molecule has 3 aromatic rings. The lowest BCUT2D eigenvalue weighted by Gasteiger charge is -2.38. The molecule has 6 nitrogen and oxygen atoms in total. The van der Waals surface area contributed by atoms with Crippen LogP contribution in [0, 0.1) is 18.8 Å². The van der Waals surface area contributed by atoms with Crippen LogP contribution in [0.25, 0.3) is 11.0 Å². The number of esters is 1. The molecular weight excluding hydrogens is 390 g/mol. The maximum Gasteiger partial charge on any atom is 0.321 e. The number of nitrogens with zero attached hydrogens (tertiary/aromatic N) is 3. The van der Waals surface area contributed by atoms with Crippen LogP contribution in [-0.4, -0.2) is 34.6 Å². The van der Waals surface area contributed by atoms with Gasteiger partial charge in [-0.1, -0.05) is 55.8 Å². The Balaban J connectivity index is 1.95. The number of carbonyl (C=O) groups excluding carboxylic acids is 2. The van der Waals surface area contributed by atoms with Crippen molar-refractivity contribution in [2.24, 2.45) is 11.8 Å². The van der Waals surface area contributed by atoms with Gasteiger partial charge in [-0.15, -0.1) is 0 Å². The fourth-order valence-electron chi connectivity index (χ4n) is 4.21. The molecule has 1 aromatic heterocycles. The fraction of sp³-hybridized carbons (Fsp3) is 0.400. The highest BCUT2D eigenvalue weighted by atomic mass is 16.5. The van der Waals surface area contributed by atoms with Crippen LogP contribution in [0.2, 0.25) is 0 Å². The maximum atomic E-state index is 13.7. The quantitative estimate of drug-likeness (QED) is 0.436. The van der Waals surface area contributed by atoms with E-state index in [-0.39, 0.29) is 12.5 Å². The van der Waals surface area contributed by atoms with E-state index in [1.54, 1.807) is 11.8 Å². The second kappa shape index (κ2) is 8.53. The zero-order valence-corrected chi connectivity index (χ0v) is 18.5. The molecule has 6 heteroatoms. The van der Waals surface area contributed by atoms with Gasteiger partial charge in [-0.05, 0) is 43.9 Å². The normalized spacial score (nSPS) is 18.5. The number of benzene rings is 2. The molecule has 0 aliphatic carbocycles. The molecule has 0 saturated carbocycles. The number of para-hydroxylation sites is 2. The minimum absolute atomic E-state index is 0.229. The van der Waals surface area contributed by atoms with E-state index >= 15 is 0 Å². The van der Waals surface area contributed by atoms with E-state index < -0.39 is 17.9 Å². The Labute approximate surface area is 182 Å². The molecule has 31 heavy (non-hydrogen) atoms.